The van der Waals surface area contributed by atoms with Crippen LogP contribution in [0.1, 0.15) is 11.3 Å². The van der Waals surface area contributed by atoms with Gasteiger partial charge in [0.15, 0.2) is 0 Å². The quantitative estimate of drug-likeness (QED) is 0.707. The van der Waals surface area contributed by atoms with Crippen molar-refractivity contribution in [1.82, 2.24) is 9.38 Å². The van der Waals surface area contributed by atoms with E-state index in [1.807, 2.05) is 52.0 Å². The summed E-state index contributed by atoms with van der Waals surface area (Å²) in [5.41, 5.74) is 3.92. The first-order valence-corrected chi connectivity index (χ1v) is 8.01. The smallest absolute Gasteiger partial charge is 0.233 e. The van der Waals surface area contributed by atoms with Gasteiger partial charge in [-0.2, -0.15) is 0 Å². The van der Waals surface area contributed by atoms with E-state index < -0.39 is 0 Å². The topological polar surface area (TPSA) is 37.6 Å². The number of pyridine rings is 1. The lowest BCUT2D eigenvalue weighted by Gasteiger charge is -2.16. The van der Waals surface area contributed by atoms with Crippen LogP contribution in [-0.4, -0.2) is 21.8 Å². The molecule has 0 saturated heterocycles. The van der Waals surface area contributed by atoms with Gasteiger partial charge in [0, 0.05) is 29.1 Å². The summed E-state index contributed by atoms with van der Waals surface area (Å²) in [5.74, 6) is 0.101. The fourth-order valence-electron chi connectivity index (χ4n) is 2.95. The zero-order chi connectivity index (χ0) is 15.1. The molecule has 2 aromatic heterocycles. The van der Waals surface area contributed by atoms with Gasteiger partial charge >= 0.3 is 0 Å². The molecule has 1 aromatic carbocycles. The number of aromatic nitrogens is 2. The summed E-state index contributed by atoms with van der Waals surface area (Å²) in [7, 11) is 0. The molecule has 3 aromatic rings. The molecule has 0 bridgehead atoms. The molecule has 0 unspecified atom stereocenters. The molecule has 0 atom stereocenters. The van der Waals surface area contributed by atoms with E-state index in [1.54, 1.807) is 0 Å². The number of fused-ring (bicyclic) bond motifs is 2. The molecule has 1 amide bonds. The molecule has 0 radical (unpaired) electrons. The van der Waals surface area contributed by atoms with Crippen LogP contribution in [0.2, 0.25) is 0 Å². The number of anilines is 1. The second kappa shape index (κ2) is 5.25. The second-order valence-corrected chi connectivity index (χ2v) is 6.36. The lowest BCUT2D eigenvalue weighted by atomic mass is 10.2. The number of rotatable bonds is 2. The number of carbonyl (C=O) groups is 1. The molecule has 1 aliphatic heterocycles. The third kappa shape index (κ3) is 2.31. The van der Waals surface area contributed by atoms with Gasteiger partial charge in [0.25, 0.3) is 0 Å². The van der Waals surface area contributed by atoms with Crippen LogP contribution in [0.5, 0.6) is 0 Å². The first kappa shape index (κ1) is 13.5. The van der Waals surface area contributed by atoms with Crippen molar-refractivity contribution in [1.29, 1.82) is 0 Å². The van der Waals surface area contributed by atoms with Crippen molar-refractivity contribution in [3.8, 4) is 0 Å². The largest absolute Gasteiger partial charge is 0.311 e. The predicted molar refractivity (Wildman–Crippen MR) is 89.1 cm³/mol. The van der Waals surface area contributed by atoms with Crippen LogP contribution in [0.4, 0.5) is 5.69 Å². The van der Waals surface area contributed by atoms with E-state index in [1.165, 1.54) is 5.56 Å². The summed E-state index contributed by atoms with van der Waals surface area (Å²) in [6.07, 6.45) is 5.10. The molecule has 4 nitrogen and oxygen atoms in total. The highest BCUT2D eigenvalue weighted by Gasteiger charge is 2.25. The number of halogens is 1. The zero-order valence-corrected chi connectivity index (χ0v) is 13.5. The average molecular weight is 356 g/mol. The van der Waals surface area contributed by atoms with Crippen LogP contribution in [-0.2, 0) is 17.6 Å². The molecular weight excluding hydrogens is 342 g/mol. The SMILES string of the molecule is O=C(Cc1cn2ccccc2n1)N1CCc2cc(Br)ccc21. The minimum Gasteiger partial charge on any atom is -0.311 e. The molecule has 0 spiro atoms. The maximum atomic E-state index is 12.6. The summed E-state index contributed by atoms with van der Waals surface area (Å²) < 4.78 is 3.00. The van der Waals surface area contributed by atoms with Gasteiger partial charge in [-0.25, -0.2) is 4.98 Å². The highest BCUT2D eigenvalue weighted by atomic mass is 79.9. The molecular formula is C17H14BrN3O. The molecule has 0 aliphatic carbocycles. The maximum Gasteiger partial charge on any atom is 0.233 e. The molecule has 22 heavy (non-hydrogen) atoms. The zero-order valence-electron chi connectivity index (χ0n) is 11.9. The van der Waals surface area contributed by atoms with E-state index >= 15 is 0 Å². The van der Waals surface area contributed by atoms with E-state index in [4.69, 9.17) is 0 Å². The third-order valence-corrected chi connectivity index (χ3v) is 4.48. The monoisotopic (exact) mass is 355 g/mol. The molecule has 5 heteroatoms. The number of benzene rings is 1. The van der Waals surface area contributed by atoms with Gasteiger partial charge < -0.3 is 9.30 Å². The Balaban J connectivity index is 1.58. The van der Waals surface area contributed by atoms with Gasteiger partial charge in [-0.1, -0.05) is 22.0 Å². The van der Waals surface area contributed by atoms with Crippen LogP contribution in [0.25, 0.3) is 5.65 Å². The van der Waals surface area contributed by atoms with Gasteiger partial charge in [-0.05, 0) is 42.3 Å². The van der Waals surface area contributed by atoms with Gasteiger partial charge in [-0.15, -0.1) is 0 Å². The predicted octanol–water partition coefficient (Wildman–Crippen LogP) is 3.23. The second-order valence-electron chi connectivity index (χ2n) is 5.44. The Morgan fingerprint density at radius 3 is 3.05 bits per heavy atom. The van der Waals surface area contributed by atoms with Gasteiger partial charge in [-0.3, -0.25) is 4.79 Å². The summed E-state index contributed by atoms with van der Waals surface area (Å²) >= 11 is 3.48. The van der Waals surface area contributed by atoms with Crippen molar-refractivity contribution in [3.05, 3.63) is 64.5 Å². The normalized spacial score (nSPS) is 13.6. The number of hydrogen-bond acceptors (Lipinski definition) is 2. The van der Waals surface area contributed by atoms with Crippen molar-refractivity contribution in [2.75, 3.05) is 11.4 Å². The fraction of sp³-hybridized carbons (Fsp3) is 0.176. The van der Waals surface area contributed by atoms with E-state index in [9.17, 15) is 4.79 Å². The Bertz CT molecular complexity index is 838. The highest BCUT2D eigenvalue weighted by Crippen LogP contribution is 2.30. The number of hydrogen-bond donors (Lipinski definition) is 0. The Labute approximate surface area is 136 Å². The number of amides is 1. The minimum absolute atomic E-state index is 0.101. The summed E-state index contributed by atoms with van der Waals surface area (Å²) in [5, 5.41) is 0. The van der Waals surface area contributed by atoms with Crippen molar-refractivity contribution in [3.63, 3.8) is 0 Å². The molecule has 110 valence electrons. The van der Waals surface area contributed by atoms with Gasteiger partial charge in [0.05, 0.1) is 12.1 Å². The molecule has 0 fully saturated rings. The molecule has 4 rings (SSSR count). The van der Waals surface area contributed by atoms with Crippen LogP contribution in [0.3, 0.4) is 0 Å². The van der Waals surface area contributed by atoms with Crippen LogP contribution >= 0.6 is 15.9 Å². The van der Waals surface area contributed by atoms with E-state index in [2.05, 4.69) is 27.0 Å². The third-order valence-electron chi connectivity index (χ3n) is 3.98. The Morgan fingerprint density at radius 1 is 1.27 bits per heavy atom. The summed E-state index contributed by atoms with van der Waals surface area (Å²) in [6.45, 7) is 0.748. The number of imidazole rings is 1. The lowest BCUT2D eigenvalue weighted by molar-refractivity contribution is -0.117. The van der Waals surface area contributed by atoms with Crippen molar-refractivity contribution >= 4 is 33.2 Å². The molecule has 0 N–H and O–H groups in total. The van der Waals surface area contributed by atoms with Crippen molar-refractivity contribution in [2.24, 2.45) is 0 Å². The summed E-state index contributed by atoms with van der Waals surface area (Å²) in [4.78, 5) is 19.0. The molecule has 0 saturated carbocycles. The van der Waals surface area contributed by atoms with E-state index in [0.717, 1.165) is 34.5 Å². The van der Waals surface area contributed by atoms with Crippen LogP contribution in [0, 0.1) is 0 Å². The van der Waals surface area contributed by atoms with Crippen LogP contribution < -0.4 is 4.90 Å². The fourth-order valence-corrected chi connectivity index (χ4v) is 3.36. The summed E-state index contributed by atoms with van der Waals surface area (Å²) in [6, 6.07) is 11.9. The Kier molecular flexibility index (Phi) is 3.22. The van der Waals surface area contributed by atoms with Crippen LogP contribution in [0.15, 0.2) is 53.3 Å². The number of nitrogens with zero attached hydrogens (tertiary/aromatic N) is 3. The van der Waals surface area contributed by atoms with Gasteiger partial charge in [0.2, 0.25) is 5.91 Å². The minimum atomic E-state index is 0.101. The first-order chi connectivity index (χ1) is 10.7. The van der Waals surface area contributed by atoms with Crippen molar-refractivity contribution < 1.29 is 4.79 Å². The molecule has 1 aliphatic rings. The Hall–Kier alpha value is -2.14. The standard InChI is InChI=1S/C17H14BrN3O/c18-13-4-5-15-12(9-13)6-8-21(15)17(22)10-14-11-20-7-2-1-3-16(20)19-14/h1-5,7,9,11H,6,8,10H2. The van der Waals surface area contributed by atoms with Gasteiger partial charge in [0.1, 0.15) is 5.65 Å². The van der Waals surface area contributed by atoms with E-state index in [-0.39, 0.29) is 5.91 Å². The average Bonchev–Trinajstić information content (AvgIpc) is 3.09. The highest BCUT2D eigenvalue weighted by molar-refractivity contribution is 9.10. The lowest BCUT2D eigenvalue weighted by Crippen LogP contribution is -2.30. The molecule has 3 heterocycles. The maximum absolute atomic E-state index is 12.6. The first-order valence-electron chi connectivity index (χ1n) is 7.22. The van der Waals surface area contributed by atoms with Crippen molar-refractivity contribution in [2.45, 2.75) is 12.8 Å². The van der Waals surface area contributed by atoms with E-state index in [0.29, 0.717) is 6.42 Å². The Morgan fingerprint density at radius 2 is 2.18 bits per heavy atom. The number of carbonyl (C=O) groups excluding carboxylic acids is 1.